The molecule has 4 N–H and O–H groups in total. The molecule has 0 fully saturated rings. The van der Waals surface area contributed by atoms with Crippen LogP contribution >= 0.6 is 0 Å². The molecular formula is C20H22N4O7. The van der Waals surface area contributed by atoms with Crippen LogP contribution in [0.5, 0.6) is 5.75 Å². The van der Waals surface area contributed by atoms with E-state index in [9.17, 15) is 24.5 Å². The van der Waals surface area contributed by atoms with Crippen LogP contribution in [0.2, 0.25) is 0 Å². The second-order valence-corrected chi connectivity index (χ2v) is 6.40. The van der Waals surface area contributed by atoms with E-state index in [1.807, 2.05) is 6.07 Å². The topological polar surface area (TPSA) is 163 Å². The number of carbonyl (C=O) groups excluding carboxylic acids is 3. The minimum absolute atomic E-state index is 0.0325. The summed E-state index contributed by atoms with van der Waals surface area (Å²) >= 11 is 0. The number of benzene rings is 2. The third-order valence-electron chi connectivity index (χ3n) is 4.18. The van der Waals surface area contributed by atoms with Crippen LogP contribution in [0.1, 0.15) is 11.1 Å². The summed E-state index contributed by atoms with van der Waals surface area (Å²) in [5, 5.41) is 15.6. The van der Waals surface area contributed by atoms with Crippen LogP contribution in [-0.4, -0.2) is 42.5 Å². The van der Waals surface area contributed by atoms with Gasteiger partial charge in [0.1, 0.15) is 24.9 Å². The van der Waals surface area contributed by atoms with E-state index in [-0.39, 0.29) is 18.7 Å². The third-order valence-corrected chi connectivity index (χ3v) is 4.18. The molecule has 0 aromatic heterocycles. The second kappa shape index (κ2) is 11.1. The van der Waals surface area contributed by atoms with Crippen LogP contribution in [0, 0.1) is 10.1 Å². The van der Waals surface area contributed by atoms with Gasteiger partial charge in [-0.2, -0.15) is 0 Å². The highest BCUT2D eigenvalue weighted by atomic mass is 16.6. The van der Waals surface area contributed by atoms with Crippen molar-refractivity contribution in [2.45, 2.75) is 19.1 Å². The molecule has 0 saturated heterocycles. The zero-order valence-electron chi connectivity index (χ0n) is 16.7. The molecule has 164 valence electrons. The Balaban J connectivity index is 1.92. The first-order valence-corrected chi connectivity index (χ1v) is 9.14. The highest BCUT2D eigenvalue weighted by molar-refractivity contribution is 5.88. The van der Waals surface area contributed by atoms with Gasteiger partial charge in [-0.15, -0.1) is 0 Å². The summed E-state index contributed by atoms with van der Waals surface area (Å²) in [7, 11) is 1.37. The Bertz CT molecular complexity index is 950. The number of hydrogen-bond donors (Lipinski definition) is 3. The van der Waals surface area contributed by atoms with E-state index in [0.29, 0.717) is 11.3 Å². The molecule has 0 bridgehead atoms. The molecule has 2 rings (SSSR count). The molecule has 0 aliphatic heterocycles. The van der Waals surface area contributed by atoms with Gasteiger partial charge in [0.15, 0.2) is 0 Å². The first-order chi connectivity index (χ1) is 14.8. The fourth-order valence-electron chi connectivity index (χ4n) is 2.65. The Hall–Kier alpha value is -4.15. The van der Waals surface area contributed by atoms with Crippen molar-refractivity contribution in [3.63, 3.8) is 0 Å². The Morgan fingerprint density at radius 3 is 2.48 bits per heavy atom. The Morgan fingerprint density at radius 1 is 1.16 bits per heavy atom. The van der Waals surface area contributed by atoms with Crippen molar-refractivity contribution in [2.75, 3.05) is 13.7 Å². The molecule has 0 spiro atoms. The lowest BCUT2D eigenvalue weighted by molar-refractivity contribution is -0.384. The van der Waals surface area contributed by atoms with Crippen molar-refractivity contribution in [2.24, 2.45) is 5.73 Å². The van der Waals surface area contributed by atoms with Crippen LogP contribution in [0.25, 0.3) is 0 Å². The van der Waals surface area contributed by atoms with Crippen LogP contribution in [0.15, 0.2) is 48.5 Å². The summed E-state index contributed by atoms with van der Waals surface area (Å²) in [6.45, 7) is -0.422. The van der Waals surface area contributed by atoms with Crippen LogP contribution in [-0.2, 0) is 27.4 Å². The van der Waals surface area contributed by atoms with Gasteiger partial charge in [0.25, 0.3) is 5.69 Å². The average Bonchev–Trinajstić information content (AvgIpc) is 2.76. The number of non-ortho nitro benzene ring substituents is 1. The Kier molecular flexibility index (Phi) is 8.31. The summed E-state index contributed by atoms with van der Waals surface area (Å²) in [6.07, 6.45) is -0.945. The number of amides is 3. The van der Waals surface area contributed by atoms with Gasteiger partial charge in [-0.3, -0.25) is 19.7 Å². The minimum atomic E-state index is -1.18. The third kappa shape index (κ3) is 7.31. The first-order valence-electron chi connectivity index (χ1n) is 9.14. The van der Waals surface area contributed by atoms with E-state index in [2.05, 4.69) is 10.6 Å². The van der Waals surface area contributed by atoms with E-state index in [0.717, 1.165) is 5.56 Å². The number of nitro benzene ring substituents is 1. The normalized spacial score (nSPS) is 11.1. The molecule has 11 nitrogen and oxygen atoms in total. The Labute approximate surface area is 177 Å². The maximum absolute atomic E-state index is 12.1. The van der Waals surface area contributed by atoms with Crippen molar-refractivity contribution in [3.05, 3.63) is 69.8 Å². The molecule has 0 saturated carbocycles. The smallest absolute Gasteiger partial charge is 0.407 e. The summed E-state index contributed by atoms with van der Waals surface area (Å²) in [4.78, 5) is 46.0. The van der Waals surface area contributed by atoms with Gasteiger partial charge in [-0.05, 0) is 11.6 Å². The molecule has 0 unspecified atom stereocenters. The monoisotopic (exact) mass is 430 g/mol. The van der Waals surface area contributed by atoms with Gasteiger partial charge < -0.3 is 25.8 Å². The zero-order valence-corrected chi connectivity index (χ0v) is 16.7. The zero-order chi connectivity index (χ0) is 22.8. The predicted molar refractivity (Wildman–Crippen MR) is 109 cm³/mol. The van der Waals surface area contributed by atoms with Crippen molar-refractivity contribution in [3.8, 4) is 5.75 Å². The standard InChI is InChI=1S/C20H22N4O7/c1-30-17-8-7-15(24(28)29)9-14(17)10-16(19(21)26)23-18(25)11-22-20(27)31-12-13-5-3-2-4-6-13/h2-9,16H,10-12H2,1H3,(H2,21,26)(H,22,27)(H,23,25)/t16-/m0/s1. The number of nitrogens with zero attached hydrogens (tertiary/aromatic N) is 1. The second-order valence-electron chi connectivity index (χ2n) is 6.40. The number of alkyl carbamates (subject to hydrolysis) is 1. The highest BCUT2D eigenvalue weighted by Gasteiger charge is 2.22. The summed E-state index contributed by atoms with van der Waals surface area (Å²) in [6, 6.07) is 11.7. The van der Waals surface area contributed by atoms with Gasteiger partial charge in [-0.25, -0.2) is 4.79 Å². The number of nitro groups is 1. The van der Waals surface area contributed by atoms with Crippen molar-refractivity contribution >= 4 is 23.6 Å². The largest absolute Gasteiger partial charge is 0.496 e. The quantitative estimate of drug-likeness (QED) is 0.374. The molecule has 2 aromatic carbocycles. The number of ether oxygens (including phenoxy) is 2. The maximum Gasteiger partial charge on any atom is 0.407 e. The van der Waals surface area contributed by atoms with Crippen LogP contribution < -0.4 is 21.1 Å². The van der Waals surface area contributed by atoms with Gasteiger partial charge in [0.2, 0.25) is 11.8 Å². The summed E-state index contributed by atoms with van der Waals surface area (Å²) in [5.41, 5.74) is 6.24. The van der Waals surface area contributed by atoms with Gasteiger partial charge in [0, 0.05) is 24.1 Å². The molecule has 0 aliphatic rings. The fourth-order valence-corrected chi connectivity index (χ4v) is 2.65. The number of primary amides is 1. The highest BCUT2D eigenvalue weighted by Crippen LogP contribution is 2.25. The number of carbonyl (C=O) groups is 3. The SMILES string of the molecule is COc1ccc([N+](=O)[O-])cc1C[C@H](NC(=O)CNC(=O)OCc1ccccc1)C(N)=O. The van der Waals surface area contributed by atoms with Gasteiger partial charge in [-0.1, -0.05) is 30.3 Å². The van der Waals surface area contributed by atoms with Crippen molar-refractivity contribution < 1.29 is 28.8 Å². The van der Waals surface area contributed by atoms with E-state index in [1.54, 1.807) is 24.3 Å². The minimum Gasteiger partial charge on any atom is -0.496 e. The lowest BCUT2D eigenvalue weighted by Crippen LogP contribution is -2.49. The molecule has 11 heteroatoms. The summed E-state index contributed by atoms with van der Waals surface area (Å²) < 4.78 is 10.1. The number of nitrogens with one attached hydrogen (secondary N) is 2. The molecule has 1 atom stereocenters. The fraction of sp³-hybridized carbons (Fsp3) is 0.250. The molecular weight excluding hydrogens is 408 g/mol. The van der Waals surface area contributed by atoms with E-state index in [4.69, 9.17) is 15.2 Å². The van der Waals surface area contributed by atoms with E-state index < -0.39 is 35.4 Å². The maximum atomic E-state index is 12.1. The number of hydrogen-bond acceptors (Lipinski definition) is 7. The number of rotatable bonds is 10. The molecule has 3 amide bonds. The number of methoxy groups -OCH3 is 1. The average molecular weight is 430 g/mol. The summed E-state index contributed by atoms with van der Waals surface area (Å²) in [5.74, 6) is -1.24. The van der Waals surface area contributed by atoms with E-state index >= 15 is 0 Å². The molecule has 31 heavy (non-hydrogen) atoms. The molecule has 2 aromatic rings. The van der Waals surface area contributed by atoms with Gasteiger partial charge in [0.05, 0.1) is 12.0 Å². The van der Waals surface area contributed by atoms with Crippen LogP contribution in [0.4, 0.5) is 10.5 Å². The lowest BCUT2D eigenvalue weighted by atomic mass is 10.0. The Morgan fingerprint density at radius 2 is 1.87 bits per heavy atom. The van der Waals surface area contributed by atoms with Crippen molar-refractivity contribution in [1.82, 2.24) is 10.6 Å². The van der Waals surface area contributed by atoms with Gasteiger partial charge >= 0.3 is 6.09 Å². The number of nitrogens with two attached hydrogens (primary N) is 1. The molecule has 0 heterocycles. The molecule has 0 aliphatic carbocycles. The predicted octanol–water partition coefficient (Wildman–Crippen LogP) is 1.04. The van der Waals surface area contributed by atoms with Crippen molar-refractivity contribution in [1.29, 1.82) is 0 Å². The molecule has 0 radical (unpaired) electrons. The van der Waals surface area contributed by atoms with Crippen LogP contribution in [0.3, 0.4) is 0 Å². The first kappa shape index (κ1) is 23.1. The lowest BCUT2D eigenvalue weighted by Gasteiger charge is -2.17. The van der Waals surface area contributed by atoms with E-state index in [1.165, 1.54) is 25.3 Å².